The van der Waals surface area contributed by atoms with Gasteiger partial charge in [0.1, 0.15) is 0 Å². The lowest BCUT2D eigenvalue weighted by molar-refractivity contribution is 0.412. The molecule has 1 aromatic heterocycles. The highest BCUT2D eigenvalue weighted by Gasteiger charge is 2.38. The molecule has 3 rings (SSSR count). The first-order valence-electron chi connectivity index (χ1n) is 8.64. The third-order valence-corrected chi connectivity index (χ3v) is 6.49. The van der Waals surface area contributed by atoms with Crippen molar-refractivity contribution in [1.82, 2.24) is 14.0 Å². The number of aromatic nitrogens is 1. The van der Waals surface area contributed by atoms with Gasteiger partial charge in [-0.2, -0.15) is 17.4 Å². The van der Waals surface area contributed by atoms with Crippen LogP contribution in [0.4, 0.5) is 10.2 Å². The van der Waals surface area contributed by atoms with E-state index in [0.717, 1.165) is 25.7 Å². The summed E-state index contributed by atoms with van der Waals surface area (Å²) in [5, 5.41) is 0. The van der Waals surface area contributed by atoms with E-state index < -0.39 is 10.2 Å². The van der Waals surface area contributed by atoms with E-state index in [2.05, 4.69) is 16.6 Å². The number of hydrogen-bond donors (Lipinski definition) is 1. The highest BCUT2D eigenvalue weighted by molar-refractivity contribution is 7.87. The van der Waals surface area contributed by atoms with Crippen molar-refractivity contribution in [1.29, 1.82) is 0 Å². The molecule has 1 N–H and O–H groups in total. The lowest BCUT2D eigenvalue weighted by Gasteiger charge is -2.23. The van der Waals surface area contributed by atoms with Crippen LogP contribution in [-0.4, -0.2) is 49.9 Å². The second kappa shape index (κ2) is 7.33. The number of hydrogen-bond acceptors (Lipinski definition) is 4. The molecule has 3 heterocycles. The fourth-order valence-electron chi connectivity index (χ4n) is 3.65. The fourth-order valence-corrected chi connectivity index (χ4v) is 5.18. The maximum absolute atomic E-state index is 14.0. The lowest BCUT2D eigenvalue weighted by Crippen LogP contribution is -2.47. The quantitative estimate of drug-likeness (QED) is 0.843. The second-order valence-electron chi connectivity index (χ2n) is 6.60. The van der Waals surface area contributed by atoms with Crippen LogP contribution < -0.4 is 9.62 Å². The standard InChI is InChI=1S/C16H25FN4O2S/c1-2-6-13-11-20(16-14(17)7-5-8-18-16)12-15(13)19-24(22,23)21-9-3-4-10-21/h5,7-8,13,15,19H,2-4,6,9-12H2,1H3/t13-,15-/m0/s1. The van der Waals surface area contributed by atoms with Crippen LogP contribution in [-0.2, 0) is 10.2 Å². The molecule has 0 spiro atoms. The summed E-state index contributed by atoms with van der Waals surface area (Å²) in [4.78, 5) is 5.98. The first-order valence-corrected chi connectivity index (χ1v) is 10.1. The normalized spacial score (nSPS) is 25.5. The smallest absolute Gasteiger partial charge is 0.279 e. The molecule has 2 saturated heterocycles. The van der Waals surface area contributed by atoms with Crippen LogP contribution in [0, 0.1) is 11.7 Å². The van der Waals surface area contributed by atoms with E-state index >= 15 is 0 Å². The summed E-state index contributed by atoms with van der Waals surface area (Å²) in [7, 11) is -3.47. The molecule has 134 valence electrons. The van der Waals surface area contributed by atoms with Gasteiger partial charge in [0.2, 0.25) is 0 Å². The number of anilines is 1. The first kappa shape index (κ1) is 17.6. The van der Waals surface area contributed by atoms with Gasteiger partial charge in [-0.3, -0.25) is 0 Å². The van der Waals surface area contributed by atoms with Gasteiger partial charge in [-0.25, -0.2) is 9.37 Å². The Kier molecular flexibility index (Phi) is 5.36. The van der Waals surface area contributed by atoms with Crippen LogP contribution in [0.1, 0.15) is 32.6 Å². The van der Waals surface area contributed by atoms with Crippen molar-refractivity contribution in [2.45, 2.75) is 38.6 Å². The molecule has 0 amide bonds. The third kappa shape index (κ3) is 3.70. The highest BCUT2D eigenvalue weighted by Crippen LogP contribution is 2.28. The zero-order valence-electron chi connectivity index (χ0n) is 14.0. The summed E-state index contributed by atoms with van der Waals surface area (Å²) in [5.74, 6) is 0.103. The maximum Gasteiger partial charge on any atom is 0.279 e. The van der Waals surface area contributed by atoms with Crippen LogP contribution in [0.2, 0.25) is 0 Å². The molecule has 0 saturated carbocycles. The minimum absolute atomic E-state index is 0.161. The van der Waals surface area contributed by atoms with Crippen LogP contribution in [0.15, 0.2) is 18.3 Å². The SMILES string of the molecule is CCC[C@H]1CN(c2ncccc2F)C[C@@H]1NS(=O)(=O)N1CCCC1. The Morgan fingerprint density at radius 3 is 2.75 bits per heavy atom. The average molecular weight is 356 g/mol. The van der Waals surface area contributed by atoms with Crippen LogP contribution in [0.5, 0.6) is 0 Å². The Hall–Kier alpha value is -1.25. The third-order valence-electron chi connectivity index (χ3n) is 4.84. The molecule has 24 heavy (non-hydrogen) atoms. The summed E-state index contributed by atoms with van der Waals surface area (Å²) in [6.45, 7) is 4.31. The fraction of sp³-hybridized carbons (Fsp3) is 0.688. The Morgan fingerprint density at radius 1 is 1.33 bits per heavy atom. The molecular formula is C16H25FN4O2S. The van der Waals surface area contributed by atoms with Crippen molar-refractivity contribution in [3.8, 4) is 0 Å². The zero-order chi connectivity index (χ0) is 17.2. The van der Waals surface area contributed by atoms with Gasteiger partial charge in [0.25, 0.3) is 10.2 Å². The lowest BCUT2D eigenvalue weighted by atomic mass is 9.99. The highest BCUT2D eigenvalue weighted by atomic mass is 32.2. The number of halogens is 1. The van der Waals surface area contributed by atoms with Crippen LogP contribution in [0.25, 0.3) is 0 Å². The Balaban J connectivity index is 1.75. The Labute approximate surface area is 143 Å². The number of nitrogens with one attached hydrogen (secondary N) is 1. The summed E-state index contributed by atoms with van der Waals surface area (Å²) in [6.07, 6.45) is 5.25. The average Bonchev–Trinajstić information content (AvgIpc) is 3.19. The molecule has 0 unspecified atom stereocenters. The molecule has 2 fully saturated rings. The van der Waals surface area contributed by atoms with Crippen molar-refractivity contribution >= 4 is 16.0 Å². The molecular weight excluding hydrogens is 331 g/mol. The predicted molar refractivity (Wildman–Crippen MR) is 91.5 cm³/mol. The van der Waals surface area contributed by atoms with Crippen LogP contribution >= 0.6 is 0 Å². The molecule has 2 aliphatic heterocycles. The van der Waals surface area contributed by atoms with Gasteiger partial charge in [-0.1, -0.05) is 13.3 Å². The minimum atomic E-state index is -3.47. The molecule has 1 aromatic rings. The topological polar surface area (TPSA) is 65.5 Å². The van der Waals surface area contributed by atoms with E-state index in [-0.39, 0.29) is 17.8 Å². The van der Waals surface area contributed by atoms with E-state index in [9.17, 15) is 12.8 Å². The van der Waals surface area contributed by atoms with Gasteiger partial charge in [0.05, 0.1) is 0 Å². The van der Waals surface area contributed by atoms with Gasteiger partial charge in [0.15, 0.2) is 11.6 Å². The van der Waals surface area contributed by atoms with Gasteiger partial charge in [0, 0.05) is 38.4 Å². The Morgan fingerprint density at radius 2 is 2.08 bits per heavy atom. The molecule has 2 aliphatic rings. The van der Waals surface area contributed by atoms with E-state index in [1.165, 1.54) is 10.4 Å². The zero-order valence-corrected chi connectivity index (χ0v) is 14.8. The number of nitrogens with zero attached hydrogens (tertiary/aromatic N) is 3. The van der Waals surface area contributed by atoms with Crippen molar-refractivity contribution in [2.24, 2.45) is 5.92 Å². The summed E-state index contributed by atoms with van der Waals surface area (Å²) in [6, 6.07) is 2.74. The van der Waals surface area contributed by atoms with Crippen molar-refractivity contribution < 1.29 is 12.8 Å². The largest absolute Gasteiger partial charge is 0.352 e. The summed E-state index contributed by atoms with van der Waals surface area (Å²) < 4.78 is 43.5. The van der Waals surface area contributed by atoms with Crippen molar-refractivity contribution in [2.75, 3.05) is 31.1 Å². The molecule has 2 atom stereocenters. The second-order valence-corrected chi connectivity index (χ2v) is 8.30. The predicted octanol–water partition coefficient (Wildman–Crippen LogP) is 1.76. The van der Waals surface area contributed by atoms with Crippen LogP contribution in [0.3, 0.4) is 0 Å². The molecule has 8 heteroatoms. The van der Waals surface area contributed by atoms with E-state index in [4.69, 9.17) is 0 Å². The van der Waals surface area contributed by atoms with Crippen molar-refractivity contribution in [3.63, 3.8) is 0 Å². The van der Waals surface area contributed by atoms with Gasteiger partial charge < -0.3 is 4.90 Å². The molecule has 0 bridgehead atoms. The molecule has 0 radical (unpaired) electrons. The molecule has 0 aromatic carbocycles. The monoisotopic (exact) mass is 356 g/mol. The molecule has 6 nitrogen and oxygen atoms in total. The van der Waals surface area contributed by atoms with Crippen molar-refractivity contribution in [3.05, 3.63) is 24.1 Å². The minimum Gasteiger partial charge on any atom is -0.352 e. The Bertz CT molecular complexity index is 664. The first-order chi connectivity index (χ1) is 11.5. The van der Waals surface area contributed by atoms with Gasteiger partial charge >= 0.3 is 0 Å². The maximum atomic E-state index is 14.0. The number of pyridine rings is 1. The summed E-state index contributed by atoms with van der Waals surface area (Å²) in [5.41, 5.74) is 0. The summed E-state index contributed by atoms with van der Waals surface area (Å²) >= 11 is 0. The molecule has 0 aliphatic carbocycles. The van der Waals surface area contributed by atoms with E-state index in [0.29, 0.717) is 32.0 Å². The van der Waals surface area contributed by atoms with Gasteiger partial charge in [-0.15, -0.1) is 0 Å². The number of rotatable bonds is 6. The van der Waals surface area contributed by atoms with E-state index in [1.54, 1.807) is 12.3 Å². The van der Waals surface area contributed by atoms with E-state index in [1.807, 2.05) is 4.90 Å². The van der Waals surface area contributed by atoms with Gasteiger partial charge in [-0.05, 0) is 37.3 Å².